The summed E-state index contributed by atoms with van der Waals surface area (Å²) in [5.74, 6) is 3.05. The number of ether oxygens (including phenoxy) is 1. The quantitative estimate of drug-likeness (QED) is 0.759. The van der Waals surface area contributed by atoms with Crippen LogP contribution in [0.5, 0.6) is 5.75 Å². The summed E-state index contributed by atoms with van der Waals surface area (Å²) in [5.41, 5.74) is 1.98. The standard InChI is InChI=1S/C18H22O2/c1-18(2)10-12-9-11(7-8-15(12)20-18)17(19)16-13-5-3-4-6-14(13)16/h7-9,13-14,16H,3-6,10H2,1-2H3. The summed E-state index contributed by atoms with van der Waals surface area (Å²) in [5, 5.41) is 0. The Hall–Kier alpha value is -1.31. The van der Waals surface area contributed by atoms with Crippen molar-refractivity contribution in [3.05, 3.63) is 29.3 Å². The fourth-order valence-corrected chi connectivity index (χ4v) is 4.34. The van der Waals surface area contributed by atoms with E-state index in [0.29, 0.717) is 23.5 Å². The van der Waals surface area contributed by atoms with Gasteiger partial charge in [0.1, 0.15) is 11.4 Å². The zero-order chi connectivity index (χ0) is 13.9. The van der Waals surface area contributed by atoms with Gasteiger partial charge in [0.2, 0.25) is 0 Å². The minimum Gasteiger partial charge on any atom is -0.487 e. The molecule has 2 saturated carbocycles. The van der Waals surface area contributed by atoms with Crippen LogP contribution in [0.15, 0.2) is 18.2 Å². The van der Waals surface area contributed by atoms with Gasteiger partial charge in [-0.15, -0.1) is 0 Å². The molecule has 2 unspecified atom stereocenters. The van der Waals surface area contributed by atoms with E-state index in [9.17, 15) is 4.79 Å². The number of carbonyl (C=O) groups excluding carboxylic acids is 1. The van der Waals surface area contributed by atoms with Gasteiger partial charge in [-0.2, -0.15) is 0 Å². The highest BCUT2D eigenvalue weighted by molar-refractivity contribution is 6.00. The van der Waals surface area contributed by atoms with Crippen molar-refractivity contribution in [2.45, 2.75) is 51.6 Å². The molecule has 2 nitrogen and oxygen atoms in total. The maximum Gasteiger partial charge on any atom is 0.166 e. The lowest BCUT2D eigenvalue weighted by molar-refractivity contribution is 0.0956. The van der Waals surface area contributed by atoms with Crippen molar-refractivity contribution in [3.63, 3.8) is 0 Å². The summed E-state index contributed by atoms with van der Waals surface area (Å²) in [6.45, 7) is 4.20. The van der Waals surface area contributed by atoms with Crippen LogP contribution in [-0.2, 0) is 6.42 Å². The van der Waals surface area contributed by atoms with Gasteiger partial charge in [-0.25, -0.2) is 0 Å². The van der Waals surface area contributed by atoms with Gasteiger partial charge in [0, 0.05) is 17.9 Å². The Morgan fingerprint density at radius 1 is 1.20 bits per heavy atom. The Bertz CT molecular complexity index is 561. The fourth-order valence-electron chi connectivity index (χ4n) is 4.34. The number of hydrogen-bond donors (Lipinski definition) is 0. The summed E-state index contributed by atoms with van der Waals surface area (Å²) in [6, 6.07) is 6.03. The third kappa shape index (κ3) is 1.88. The number of fused-ring (bicyclic) bond motifs is 2. The van der Waals surface area contributed by atoms with Crippen LogP contribution < -0.4 is 4.74 Å². The van der Waals surface area contributed by atoms with Gasteiger partial charge in [-0.3, -0.25) is 4.79 Å². The van der Waals surface area contributed by atoms with Crippen LogP contribution in [0, 0.1) is 17.8 Å². The molecule has 2 heteroatoms. The molecule has 0 aromatic heterocycles. The van der Waals surface area contributed by atoms with Crippen molar-refractivity contribution < 1.29 is 9.53 Å². The molecule has 1 aromatic carbocycles. The van der Waals surface area contributed by atoms with Crippen molar-refractivity contribution in [2.24, 2.45) is 17.8 Å². The first-order valence-corrected chi connectivity index (χ1v) is 7.91. The van der Waals surface area contributed by atoms with Gasteiger partial charge in [-0.1, -0.05) is 12.8 Å². The second-order valence-electron chi connectivity index (χ2n) is 7.36. The van der Waals surface area contributed by atoms with Gasteiger partial charge < -0.3 is 4.74 Å². The summed E-state index contributed by atoms with van der Waals surface area (Å²) < 4.78 is 5.89. The highest BCUT2D eigenvalue weighted by Gasteiger charge is 2.54. The van der Waals surface area contributed by atoms with Crippen LogP contribution in [0.25, 0.3) is 0 Å². The molecule has 4 rings (SSSR count). The molecule has 0 saturated heterocycles. The summed E-state index contributed by atoms with van der Waals surface area (Å²) in [7, 11) is 0. The molecule has 106 valence electrons. The van der Waals surface area contributed by atoms with Gasteiger partial charge >= 0.3 is 0 Å². The first-order chi connectivity index (χ1) is 9.55. The molecule has 0 spiro atoms. The summed E-state index contributed by atoms with van der Waals surface area (Å²) in [4.78, 5) is 12.7. The van der Waals surface area contributed by atoms with Crippen molar-refractivity contribution in [1.82, 2.24) is 0 Å². The number of ketones is 1. The molecular weight excluding hydrogens is 248 g/mol. The van der Waals surface area contributed by atoms with E-state index in [1.165, 1.54) is 31.2 Å². The van der Waals surface area contributed by atoms with E-state index in [0.717, 1.165) is 17.7 Å². The minimum atomic E-state index is -0.127. The van der Waals surface area contributed by atoms with Gasteiger partial charge in [-0.05, 0) is 62.3 Å². The van der Waals surface area contributed by atoms with E-state index in [2.05, 4.69) is 19.9 Å². The average Bonchev–Trinajstić information content (AvgIpc) is 3.05. The van der Waals surface area contributed by atoms with Crippen LogP contribution in [0.1, 0.15) is 55.5 Å². The Morgan fingerprint density at radius 2 is 1.90 bits per heavy atom. The fraction of sp³-hybridized carbons (Fsp3) is 0.611. The second kappa shape index (κ2) is 4.09. The van der Waals surface area contributed by atoms with E-state index in [1.54, 1.807) is 0 Å². The Morgan fingerprint density at radius 3 is 2.60 bits per heavy atom. The molecule has 0 N–H and O–H groups in total. The van der Waals surface area contributed by atoms with E-state index in [4.69, 9.17) is 4.74 Å². The lowest BCUT2D eigenvalue weighted by atomic mass is 9.97. The largest absolute Gasteiger partial charge is 0.487 e. The molecule has 2 fully saturated rings. The maximum absolute atomic E-state index is 12.7. The van der Waals surface area contributed by atoms with Crippen LogP contribution >= 0.6 is 0 Å². The smallest absolute Gasteiger partial charge is 0.166 e. The minimum absolute atomic E-state index is 0.127. The number of benzene rings is 1. The van der Waals surface area contributed by atoms with Crippen molar-refractivity contribution >= 4 is 5.78 Å². The molecule has 3 aliphatic rings. The predicted octanol–water partition coefficient (Wildman–Crippen LogP) is 4.02. The van der Waals surface area contributed by atoms with E-state index in [-0.39, 0.29) is 5.60 Å². The summed E-state index contributed by atoms with van der Waals surface area (Å²) in [6.07, 6.45) is 6.07. The molecule has 1 aliphatic heterocycles. The molecular formula is C18H22O2. The Labute approximate surface area is 120 Å². The number of rotatable bonds is 2. The zero-order valence-electron chi connectivity index (χ0n) is 12.3. The average molecular weight is 270 g/mol. The lowest BCUT2D eigenvalue weighted by Crippen LogP contribution is -2.24. The molecule has 0 amide bonds. The zero-order valence-corrected chi connectivity index (χ0v) is 12.3. The lowest BCUT2D eigenvalue weighted by Gasteiger charge is -2.16. The van der Waals surface area contributed by atoms with Gasteiger partial charge in [0.15, 0.2) is 5.78 Å². The molecule has 0 bridgehead atoms. The number of hydrogen-bond acceptors (Lipinski definition) is 2. The molecule has 1 aromatic rings. The Kier molecular flexibility index (Phi) is 2.55. The van der Waals surface area contributed by atoms with Crippen molar-refractivity contribution in [3.8, 4) is 5.75 Å². The molecule has 2 atom stereocenters. The topological polar surface area (TPSA) is 26.3 Å². The maximum atomic E-state index is 12.7. The van der Waals surface area contributed by atoms with Crippen molar-refractivity contribution in [1.29, 1.82) is 0 Å². The normalized spacial score (nSPS) is 33.0. The molecule has 2 aliphatic carbocycles. The van der Waals surface area contributed by atoms with E-state index >= 15 is 0 Å². The van der Waals surface area contributed by atoms with Crippen LogP contribution in [-0.4, -0.2) is 11.4 Å². The van der Waals surface area contributed by atoms with Crippen molar-refractivity contribution in [2.75, 3.05) is 0 Å². The third-order valence-corrected chi connectivity index (χ3v) is 5.31. The van der Waals surface area contributed by atoms with Crippen LogP contribution in [0.2, 0.25) is 0 Å². The molecule has 0 radical (unpaired) electrons. The highest BCUT2D eigenvalue weighted by Crippen LogP contribution is 2.56. The van der Waals surface area contributed by atoms with E-state index in [1.807, 2.05) is 12.1 Å². The summed E-state index contributed by atoms with van der Waals surface area (Å²) >= 11 is 0. The predicted molar refractivity (Wildman–Crippen MR) is 78.1 cm³/mol. The second-order valence-corrected chi connectivity index (χ2v) is 7.36. The highest BCUT2D eigenvalue weighted by atomic mass is 16.5. The van der Waals surface area contributed by atoms with Crippen LogP contribution in [0.3, 0.4) is 0 Å². The SMILES string of the molecule is CC1(C)Cc2cc(C(=O)C3C4CCCCC43)ccc2O1. The molecule has 20 heavy (non-hydrogen) atoms. The van der Waals surface area contributed by atoms with E-state index < -0.39 is 0 Å². The number of Topliss-reactive ketones (excluding diaryl/α,β-unsaturated/α-hetero) is 1. The first-order valence-electron chi connectivity index (χ1n) is 7.91. The van der Waals surface area contributed by atoms with Gasteiger partial charge in [0.25, 0.3) is 0 Å². The third-order valence-electron chi connectivity index (χ3n) is 5.31. The first kappa shape index (κ1) is 12.4. The molecule has 1 heterocycles. The van der Waals surface area contributed by atoms with Gasteiger partial charge in [0.05, 0.1) is 0 Å². The monoisotopic (exact) mass is 270 g/mol. The Balaban J connectivity index is 1.57. The number of carbonyl (C=O) groups is 1. The van der Waals surface area contributed by atoms with Crippen LogP contribution in [0.4, 0.5) is 0 Å².